The molecule has 0 atom stereocenters. The molecule has 0 fully saturated rings. The van der Waals surface area contributed by atoms with Gasteiger partial charge in [0.25, 0.3) is 0 Å². The Morgan fingerprint density at radius 3 is 1.48 bits per heavy atom. The van der Waals surface area contributed by atoms with E-state index in [2.05, 4.69) is 10.6 Å². The van der Waals surface area contributed by atoms with Gasteiger partial charge in [-0.3, -0.25) is 9.59 Å². The van der Waals surface area contributed by atoms with E-state index in [0.29, 0.717) is 56.9 Å². The number of anilines is 3. The largest absolute Gasteiger partial charge is 0.493 e. The molecule has 12 heteroatoms. The van der Waals surface area contributed by atoms with Gasteiger partial charge in [-0.2, -0.15) is 0 Å². The second-order valence-corrected chi connectivity index (χ2v) is 14.0. The predicted molar refractivity (Wildman–Crippen MR) is 252 cm³/mol. The number of ether oxygens (including phenoxy) is 6. The van der Waals surface area contributed by atoms with Crippen LogP contribution in [0.2, 0.25) is 0 Å². The second-order valence-electron chi connectivity index (χ2n) is 14.0. The summed E-state index contributed by atoms with van der Waals surface area (Å²) in [5.74, 6) is 2.05. The maximum absolute atomic E-state index is 13.3. The predicted octanol–water partition coefficient (Wildman–Crippen LogP) is 11.0. The molecule has 11 nitrogen and oxygen atoms in total. The molecule has 6 aromatic carbocycles. The lowest BCUT2D eigenvalue weighted by Crippen LogP contribution is -2.07. The Hall–Kier alpha value is -8.25. The number of benzene rings is 6. The van der Waals surface area contributed by atoms with Gasteiger partial charge in [0, 0.05) is 58.3 Å². The van der Waals surface area contributed by atoms with E-state index in [1.165, 1.54) is 43.5 Å². The Morgan fingerprint density at radius 1 is 0.547 bits per heavy atom. The van der Waals surface area contributed by atoms with Crippen LogP contribution in [0.3, 0.4) is 0 Å². The topological polar surface area (TPSA) is 140 Å². The smallest absolute Gasteiger partial charge is 0.203 e. The third-order valence-corrected chi connectivity index (χ3v) is 9.86. The zero-order valence-electron chi connectivity index (χ0n) is 36.0. The molecular weight excluding hydrogens is 814 g/mol. The Kier molecular flexibility index (Phi) is 15.6. The number of para-hydroxylation sites is 1. The minimum atomic E-state index is -0.397. The standard InChI is InChI=1S/C52H48FN3O8/c1-59-46-29-36(30-47(60-2)51(46)62-4)11-9-34-15-23-42(24-16-34)56-28-26-45(58)43-8-6-7-39(50(43)54)33-64-49-32-37(31-48(61-3)52(49)63-5)12-10-35-13-21-41(22-14-35)55-27-25-44(57)38-17-19-40(53)20-18-38/h6-32,55-56H,33,54H2,1-5H3/b11-9-,12-10-,27-25-,28-26-. The van der Waals surface area contributed by atoms with Crippen molar-refractivity contribution in [2.24, 2.45) is 0 Å². The minimum Gasteiger partial charge on any atom is -0.493 e. The molecule has 0 aliphatic rings. The van der Waals surface area contributed by atoms with E-state index >= 15 is 0 Å². The fourth-order valence-electron chi connectivity index (χ4n) is 6.45. The molecule has 0 saturated carbocycles. The number of methoxy groups -OCH3 is 5. The summed E-state index contributed by atoms with van der Waals surface area (Å²) in [7, 11) is 7.80. The van der Waals surface area contributed by atoms with E-state index in [-0.39, 0.29) is 18.2 Å². The van der Waals surface area contributed by atoms with Crippen molar-refractivity contribution in [1.82, 2.24) is 0 Å². The van der Waals surface area contributed by atoms with Crippen molar-refractivity contribution < 1.29 is 42.4 Å². The fourth-order valence-corrected chi connectivity index (χ4v) is 6.45. The normalized spacial score (nSPS) is 11.3. The first-order valence-corrected chi connectivity index (χ1v) is 20.0. The second kappa shape index (κ2) is 22.0. The Labute approximate surface area is 371 Å². The molecule has 6 aromatic rings. The highest BCUT2D eigenvalue weighted by atomic mass is 19.1. The molecule has 6 rings (SSSR count). The molecule has 4 N–H and O–H groups in total. The van der Waals surface area contributed by atoms with Crippen molar-refractivity contribution in [3.63, 3.8) is 0 Å². The lowest BCUT2D eigenvalue weighted by Gasteiger charge is -2.16. The Balaban J connectivity index is 1.05. The lowest BCUT2D eigenvalue weighted by molar-refractivity contribution is 0.103. The molecule has 0 aromatic heterocycles. The van der Waals surface area contributed by atoms with Gasteiger partial charge in [0.05, 0.1) is 35.5 Å². The Bertz CT molecular complexity index is 2670. The lowest BCUT2D eigenvalue weighted by atomic mass is 10.0. The quantitative estimate of drug-likeness (QED) is 0.0292. The van der Waals surface area contributed by atoms with E-state index in [4.69, 9.17) is 34.2 Å². The van der Waals surface area contributed by atoms with Crippen LogP contribution < -0.4 is 44.8 Å². The number of nitrogens with two attached hydrogens (primary N) is 1. The summed E-state index contributed by atoms with van der Waals surface area (Å²) in [6, 6.07) is 33.4. The van der Waals surface area contributed by atoms with Gasteiger partial charge in [0.1, 0.15) is 12.4 Å². The molecule has 0 unspecified atom stereocenters. The van der Waals surface area contributed by atoms with Crippen LogP contribution in [0.4, 0.5) is 21.5 Å². The highest BCUT2D eigenvalue weighted by Crippen LogP contribution is 2.40. The Morgan fingerprint density at radius 2 is 1.00 bits per heavy atom. The van der Waals surface area contributed by atoms with Crippen LogP contribution in [-0.2, 0) is 6.61 Å². The first-order chi connectivity index (χ1) is 31.1. The monoisotopic (exact) mass is 861 g/mol. The molecule has 0 radical (unpaired) electrons. The summed E-state index contributed by atoms with van der Waals surface area (Å²) in [5.41, 5.74) is 13.3. The van der Waals surface area contributed by atoms with E-state index in [1.807, 2.05) is 97.1 Å². The van der Waals surface area contributed by atoms with Gasteiger partial charge in [-0.15, -0.1) is 0 Å². The number of carbonyl (C=O) groups is 2. The molecule has 0 bridgehead atoms. The van der Waals surface area contributed by atoms with Crippen molar-refractivity contribution in [1.29, 1.82) is 0 Å². The highest BCUT2D eigenvalue weighted by molar-refractivity contribution is 6.08. The number of nitrogens with one attached hydrogen (secondary N) is 2. The summed E-state index contributed by atoms with van der Waals surface area (Å²) in [6.07, 6.45) is 13.7. The molecule has 0 spiro atoms. The number of rotatable bonds is 20. The summed E-state index contributed by atoms with van der Waals surface area (Å²) < 4.78 is 47.0. The van der Waals surface area contributed by atoms with Gasteiger partial charge in [-0.05, 0) is 101 Å². The summed E-state index contributed by atoms with van der Waals surface area (Å²) in [6.45, 7) is 0.0559. The van der Waals surface area contributed by atoms with Crippen LogP contribution in [0.15, 0.2) is 140 Å². The van der Waals surface area contributed by atoms with Gasteiger partial charge in [0.2, 0.25) is 11.5 Å². The fraction of sp³-hybridized carbons (Fsp3) is 0.115. The van der Waals surface area contributed by atoms with Crippen molar-refractivity contribution in [2.75, 3.05) is 51.9 Å². The molecule has 0 aliphatic heterocycles. The van der Waals surface area contributed by atoms with Crippen LogP contribution in [0.25, 0.3) is 24.3 Å². The number of carbonyl (C=O) groups excluding carboxylic acids is 2. The zero-order chi connectivity index (χ0) is 45.4. The summed E-state index contributed by atoms with van der Waals surface area (Å²) in [4.78, 5) is 25.6. The van der Waals surface area contributed by atoms with Crippen LogP contribution in [-0.4, -0.2) is 47.1 Å². The summed E-state index contributed by atoms with van der Waals surface area (Å²) >= 11 is 0. The third kappa shape index (κ3) is 11.8. The first-order valence-electron chi connectivity index (χ1n) is 20.0. The van der Waals surface area contributed by atoms with E-state index in [0.717, 1.165) is 33.6 Å². The van der Waals surface area contributed by atoms with Gasteiger partial charge < -0.3 is 44.8 Å². The number of allylic oxidation sites excluding steroid dienone is 2. The molecule has 0 saturated heterocycles. The van der Waals surface area contributed by atoms with Crippen LogP contribution in [0, 0.1) is 5.82 Å². The van der Waals surface area contributed by atoms with Crippen molar-refractivity contribution in [3.8, 4) is 34.5 Å². The summed E-state index contributed by atoms with van der Waals surface area (Å²) in [5, 5.41) is 6.22. The molecular formula is C52H48FN3O8. The van der Waals surface area contributed by atoms with E-state index in [1.54, 1.807) is 59.0 Å². The van der Waals surface area contributed by atoms with Crippen LogP contribution in [0.5, 0.6) is 34.5 Å². The SMILES string of the molecule is COc1cc(/C=C\c2ccc(N/C=C\C(=O)c3cccc(COc4cc(/C=C\c5ccc(N/C=C\C(=O)c6ccc(F)cc6)cc5)cc(OC)c4OC)c3N)cc2)cc(OC)c1OC. The van der Waals surface area contributed by atoms with Crippen LogP contribution >= 0.6 is 0 Å². The van der Waals surface area contributed by atoms with Crippen molar-refractivity contribution in [2.45, 2.75) is 6.61 Å². The average Bonchev–Trinajstić information content (AvgIpc) is 3.32. The van der Waals surface area contributed by atoms with Crippen LogP contribution in [0.1, 0.15) is 48.5 Å². The molecule has 64 heavy (non-hydrogen) atoms. The molecule has 326 valence electrons. The number of nitrogen functional groups attached to an aromatic ring is 1. The molecule has 0 aliphatic carbocycles. The number of ketones is 2. The maximum Gasteiger partial charge on any atom is 0.203 e. The van der Waals surface area contributed by atoms with E-state index in [9.17, 15) is 14.0 Å². The maximum atomic E-state index is 13.3. The average molecular weight is 862 g/mol. The third-order valence-electron chi connectivity index (χ3n) is 9.86. The van der Waals surface area contributed by atoms with Crippen molar-refractivity contribution in [3.05, 3.63) is 185 Å². The van der Waals surface area contributed by atoms with Gasteiger partial charge in [-0.1, -0.05) is 60.7 Å². The van der Waals surface area contributed by atoms with E-state index < -0.39 is 5.82 Å². The number of halogens is 1. The number of hydrogen-bond donors (Lipinski definition) is 3. The number of hydrogen-bond acceptors (Lipinski definition) is 11. The van der Waals surface area contributed by atoms with Crippen molar-refractivity contribution >= 4 is 52.9 Å². The zero-order valence-corrected chi connectivity index (χ0v) is 36.0. The van der Waals surface area contributed by atoms with Gasteiger partial charge >= 0.3 is 0 Å². The van der Waals surface area contributed by atoms with Gasteiger partial charge in [0.15, 0.2) is 34.6 Å². The highest BCUT2D eigenvalue weighted by Gasteiger charge is 2.16. The minimum absolute atomic E-state index is 0.0559. The molecule has 0 amide bonds. The first kappa shape index (κ1) is 45.3. The van der Waals surface area contributed by atoms with Gasteiger partial charge in [-0.25, -0.2) is 4.39 Å². The molecule has 0 heterocycles.